The summed E-state index contributed by atoms with van der Waals surface area (Å²) in [7, 11) is -3.06. The molecule has 0 saturated carbocycles. The first-order valence-corrected chi connectivity index (χ1v) is 7.66. The number of nitriles is 1. The van der Waals surface area contributed by atoms with Crippen LogP contribution in [0.15, 0.2) is 12.1 Å². The molecule has 1 aliphatic rings. The van der Waals surface area contributed by atoms with Gasteiger partial charge in [0.2, 0.25) is 5.69 Å². The van der Waals surface area contributed by atoms with Crippen molar-refractivity contribution in [2.45, 2.75) is 18.1 Å². The third kappa shape index (κ3) is 2.85. The van der Waals surface area contributed by atoms with Crippen molar-refractivity contribution in [2.75, 3.05) is 17.6 Å². The molecule has 0 aliphatic carbocycles. The summed E-state index contributed by atoms with van der Waals surface area (Å²) in [5.74, 6) is 0.450. The average molecular weight is 296 g/mol. The number of nitrogens with one attached hydrogen (secondary N) is 1. The molecule has 8 nitrogen and oxygen atoms in total. The van der Waals surface area contributed by atoms with Crippen molar-refractivity contribution < 1.29 is 13.3 Å². The molecule has 1 saturated heterocycles. The highest BCUT2D eigenvalue weighted by Gasteiger charge is 2.31. The molecule has 1 aliphatic heterocycles. The Balaban J connectivity index is 2.11. The largest absolute Gasteiger partial charge is 0.369 e. The SMILES string of the molecule is N#Cc1nc(NCC2CCCS2(=O)=O)ccc1[N+](=O)[O-]. The van der Waals surface area contributed by atoms with Crippen LogP contribution in [-0.2, 0) is 9.84 Å². The summed E-state index contributed by atoms with van der Waals surface area (Å²) in [5.41, 5.74) is -0.666. The minimum Gasteiger partial charge on any atom is -0.369 e. The molecule has 9 heteroatoms. The molecule has 106 valence electrons. The first-order valence-electron chi connectivity index (χ1n) is 5.95. The first-order chi connectivity index (χ1) is 9.44. The Morgan fingerprint density at radius 2 is 2.30 bits per heavy atom. The first kappa shape index (κ1) is 14.2. The van der Waals surface area contributed by atoms with Crippen LogP contribution in [0.1, 0.15) is 18.5 Å². The third-order valence-electron chi connectivity index (χ3n) is 3.15. The van der Waals surface area contributed by atoms with E-state index >= 15 is 0 Å². The van der Waals surface area contributed by atoms with Crippen molar-refractivity contribution in [1.29, 1.82) is 5.26 Å². The second-order valence-electron chi connectivity index (χ2n) is 4.45. The van der Waals surface area contributed by atoms with Gasteiger partial charge in [-0.2, -0.15) is 5.26 Å². The summed E-state index contributed by atoms with van der Waals surface area (Å²) in [6.45, 7) is 0.192. The number of hydrogen-bond acceptors (Lipinski definition) is 7. The van der Waals surface area contributed by atoms with E-state index in [2.05, 4.69) is 10.3 Å². The summed E-state index contributed by atoms with van der Waals surface area (Å²) in [4.78, 5) is 13.8. The van der Waals surface area contributed by atoms with Crippen LogP contribution in [0.5, 0.6) is 0 Å². The highest BCUT2D eigenvalue weighted by atomic mass is 32.2. The van der Waals surface area contributed by atoms with E-state index in [4.69, 9.17) is 5.26 Å². The fourth-order valence-electron chi connectivity index (χ4n) is 2.09. The number of rotatable bonds is 4. The predicted molar refractivity (Wildman–Crippen MR) is 70.9 cm³/mol. The molecular formula is C11H12N4O4S. The van der Waals surface area contributed by atoms with Crippen LogP contribution in [-0.4, -0.2) is 35.9 Å². The van der Waals surface area contributed by atoms with Gasteiger partial charge in [0.05, 0.1) is 15.9 Å². The van der Waals surface area contributed by atoms with Crippen molar-refractivity contribution >= 4 is 21.3 Å². The highest BCUT2D eigenvalue weighted by Crippen LogP contribution is 2.22. The molecule has 0 spiro atoms. The Hall–Kier alpha value is -2.21. The summed E-state index contributed by atoms with van der Waals surface area (Å²) in [6, 6.07) is 4.19. The molecule has 1 aromatic rings. The Bertz CT molecular complexity index is 680. The molecule has 2 rings (SSSR count). The topological polar surface area (TPSA) is 126 Å². The van der Waals surface area contributed by atoms with Crippen LogP contribution >= 0.6 is 0 Å². The van der Waals surface area contributed by atoms with E-state index in [9.17, 15) is 18.5 Å². The maximum Gasteiger partial charge on any atom is 0.305 e. The summed E-state index contributed by atoms with van der Waals surface area (Å²) in [5, 5.41) is 21.8. The quantitative estimate of drug-likeness (QED) is 0.644. The molecule has 1 N–H and O–H groups in total. The van der Waals surface area contributed by atoms with Crippen LogP contribution in [0.4, 0.5) is 11.5 Å². The predicted octanol–water partition coefficient (Wildman–Crippen LogP) is 0.851. The number of anilines is 1. The number of aromatic nitrogens is 1. The molecule has 0 radical (unpaired) electrons. The minimum atomic E-state index is -3.06. The van der Waals surface area contributed by atoms with E-state index in [0.29, 0.717) is 12.8 Å². The second-order valence-corrected chi connectivity index (χ2v) is 6.85. The summed E-state index contributed by atoms with van der Waals surface area (Å²) >= 11 is 0. The van der Waals surface area contributed by atoms with E-state index < -0.39 is 20.0 Å². The number of nitrogens with zero attached hydrogens (tertiary/aromatic N) is 3. The molecule has 0 amide bonds. The zero-order valence-corrected chi connectivity index (χ0v) is 11.3. The number of sulfone groups is 1. The Kier molecular flexibility index (Phi) is 3.85. The van der Waals surface area contributed by atoms with E-state index in [1.807, 2.05) is 0 Å². The van der Waals surface area contributed by atoms with Gasteiger partial charge in [-0.15, -0.1) is 0 Å². The normalized spacial score (nSPS) is 20.2. The zero-order valence-electron chi connectivity index (χ0n) is 10.4. The molecule has 0 bridgehead atoms. The monoisotopic (exact) mass is 296 g/mol. The Morgan fingerprint density at radius 3 is 2.85 bits per heavy atom. The van der Waals surface area contributed by atoms with Gasteiger partial charge in [-0.25, -0.2) is 13.4 Å². The van der Waals surface area contributed by atoms with Gasteiger partial charge in [0.1, 0.15) is 11.9 Å². The van der Waals surface area contributed by atoms with Crippen molar-refractivity contribution in [3.8, 4) is 6.07 Å². The number of hydrogen-bond donors (Lipinski definition) is 1. The van der Waals surface area contributed by atoms with Gasteiger partial charge in [-0.3, -0.25) is 10.1 Å². The van der Waals surface area contributed by atoms with Crippen molar-refractivity contribution in [3.63, 3.8) is 0 Å². The lowest BCUT2D eigenvalue weighted by Gasteiger charge is -2.11. The van der Waals surface area contributed by atoms with Gasteiger partial charge >= 0.3 is 5.69 Å². The smallest absolute Gasteiger partial charge is 0.305 e. The lowest BCUT2D eigenvalue weighted by atomic mass is 10.2. The number of nitro groups is 1. The lowest BCUT2D eigenvalue weighted by Crippen LogP contribution is -2.25. The third-order valence-corrected chi connectivity index (χ3v) is 5.43. The van der Waals surface area contributed by atoms with E-state index in [1.165, 1.54) is 12.1 Å². The molecule has 0 aromatic carbocycles. The molecule has 20 heavy (non-hydrogen) atoms. The van der Waals surface area contributed by atoms with Crippen molar-refractivity contribution in [1.82, 2.24) is 4.98 Å². The zero-order chi connectivity index (χ0) is 14.8. The van der Waals surface area contributed by atoms with E-state index in [0.717, 1.165) is 0 Å². The van der Waals surface area contributed by atoms with Gasteiger partial charge in [0.15, 0.2) is 9.84 Å². The summed E-state index contributed by atoms with van der Waals surface area (Å²) in [6.07, 6.45) is 1.24. The summed E-state index contributed by atoms with van der Waals surface area (Å²) < 4.78 is 23.3. The van der Waals surface area contributed by atoms with Gasteiger partial charge in [-0.1, -0.05) is 0 Å². The van der Waals surface area contributed by atoms with Crippen LogP contribution < -0.4 is 5.32 Å². The van der Waals surface area contributed by atoms with Crippen molar-refractivity contribution in [2.24, 2.45) is 0 Å². The molecule has 1 aromatic heterocycles. The van der Waals surface area contributed by atoms with Crippen LogP contribution in [0.3, 0.4) is 0 Å². The minimum absolute atomic E-state index is 0.191. The molecule has 1 atom stereocenters. The van der Waals surface area contributed by atoms with Crippen LogP contribution in [0, 0.1) is 21.4 Å². The second kappa shape index (κ2) is 5.42. The van der Waals surface area contributed by atoms with Crippen LogP contribution in [0.25, 0.3) is 0 Å². The Labute approximate surface area is 115 Å². The lowest BCUT2D eigenvalue weighted by molar-refractivity contribution is -0.385. The molecular weight excluding hydrogens is 284 g/mol. The maximum atomic E-state index is 11.6. The van der Waals surface area contributed by atoms with Gasteiger partial charge < -0.3 is 5.32 Å². The molecule has 2 heterocycles. The van der Waals surface area contributed by atoms with Gasteiger partial charge in [-0.05, 0) is 18.9 Å². The molecule has 1 fully saturated rings. The standard InChI is InChI=1S/C11H12N4O4S/c12-6-9-10(15(16)17)3-4-11(14-9)13-7-8-2-1-5-20(8,18)19/h3-4,8H,1-2,5,7H2,(H,13,14). The van der Waals surface area contributed by atoms with Crippen LogP contribution in [0.2, 0.25) is 0 Å². The fourth-order valence-corrected chi connectivity index (χ4v) is 3.85. The number of pyridine rings is 1. The van der Waals surface area contributed by atoms with Crippen molar-refractivity contribution in [3.05, 3.63) is 27.9 Å². The van der Waals surface area contributed by atoms with Gasteiger partial charge in [0, 0.05) is 12.6 Å². The van der Waals surface area contributed by atoms with Gasteiger partial charge in [0.25, 0.3) is 0 Å². The average Bonchev–Trinajstić information content (AvgIpc) is 2.74. The molecule has 1 unspecified atom stereocenters. The fraction of sp³-hybridized carbons (Fsp3) is 0.455. The van der Waals surface area contributed by atoms with E-state index in [-0.39, 0.29) is 29.5 Å². The van der Waals surface area contributed by atoms with E-state index in [1.54, 1.807) is 6.07 Å². The Morgan fingerprint density at radius 1 is 1.55 bits per heavy atom. The maximum absolute atomic E-state index is 11.6. The highest BCUT2D eigenvalue weighted by molar-refractivity contribution is 7.92.